The Balaban J connectivity index is 1.61. The van der Waals surface area contributed by atoms with Gasteiger partial charge in [-0.25, -0.2) is 10.9 Å². The minimum atomic E-state index is -0.0605. The maximum atomic E-state index is 5.74. The van der Waals surface area contributed by atoms with E-state index in [4.69, 9.17) is 9.47 Å². The Bertz CT molecular complexity index is 232. The third-order valence-corrected chi connectivity index (χ3v) is 3.20. The predicted molar refractivity (Wildman–Crippen MR) is 65.0 cm³/mol. The maximum Gasteiger partial charge on any atom is 0.146 e. The Morgan fingerprint density at radius 3 is 2.59 bits per heavy atom. The molecular weight excluding hydrogens is 220 g/mol. The molecule has 6 heteroatoms. The lowest BCUT2D eigenvalue weighted by atomic mass is 10.0. The lowest BCUT2D eigenvalue weighted by molar-refractivity contribution is -0.0596. The summed E-state index contributed by atoms with van der Waals surface area (Å²) in [5.41, 5.74) is 6.02. The normalized spacial score (nSPS) is 38.8. The van der Waals surface area contributed by atoms with Crippen molar-refractivity contribution in [2.45, 2.75) is 45.5 Å². The van der Waals surface area contributed by atoms with Gasteiger partial charge in [0.15, 0.2) is 0 Å². The van der Waals surface area contributed by atoms with Crippen molar-refractivity contribution in [3.8, 4) is 0 Å². The van der Waals surface area contributed by atoms with Gasteiger partial charge in [-0.2, -0.15) is 0 Å². The van der Waals surface area contributed by atoms with Gasteiger partial charge in [0.2, 0.25) is 0 Å². The number of hydrogen-bond acceptors (Lipinski definition) is 6. The summed E-state index contributed by atoms with van der Waals surface area (Å²) < 4.78 is 11.3. The Hall–Kier alpha value is -0.240. The fraction of sp³-hybridized carbons (Fsp3) is 1.00. The summed E-state index contributed by atoms with van der Waals surface area (Å²) in [6.07, 6.45) is 0.0623. The molecule has 6 nitrogen and oxygen atoms in total. The molecule has 0 amide bonds. The SMILES string of the molecule is CC1NNC(COC2CNC(C(C)C)CN2)O1. The van der Waals surface area contributed by atoms with Crippen LogP contribution in [0.5, 0.6) is 0 Å². The summed E-state index contributed by atoms with van der Waals surface area (Å²) >= 11 is 0. The molecule has 4 N–H and O–H groups in total. The van der Waals surface area contributed by atoms with Gasteiger partial charge in [-0.15, -0.1) is 0 Å². The van der Waals surface area contributed by atoms with E-state index < -0.39 is 0 Å². The van der Waals surface area contributed by atoms with Crippen molar-refractivity contribution in [3.05, 3.63) is 0 Å². The van der Waals surface area contributed by atoms with E-state index in [0.29, 0.717) is 18.6 Å². The summed E-state index contributed by atoms with van der Waals surface area (Å²) in [6, 6.07) is 0.539. The van der Waals surface area contributed by atoms with Crippen molar-refractivity contribution in [2.24, 2.45) is 5.92 Å². The van der Waals surface area contributed by atoms with Crippen LogP contribution in [0.4, 0.5) is 0 Å². The second-order valence-corrected chi connectivity index (χ2v) is 5.04. The van der Waals surface area contributed by atoms with Crippen molar-refractivity contribution >= 4 is 0 Å². The molecule has 2 aliphatic rings. The van der Waals surface area contributed by atoms with E-state index in [9.17, 15) is 0 Å². The third-order valence-electron chi connectivity index (χ3n) is 3.20. The van der Waals surface area contributed by atoms with Crippen LogP contribution >= 0.6 is 0 Å². The minimum absolute atomic E-state index is 0.0476. The standard InChI is InChI=1S/C11H24N4O2/c1-7(2)9-4-13-10(5-12-9)16-6-11-15-14-8(3)17-11/h7-15H,4-6H2,1-3H3. The van der Waals surface area contributed by atoms with Crippen LogP contribution in [0.15, 0.2) is 0 Å². The van der Waals surface area contributed by atoms with Crippen molar-refractivity contribution in [1.82, 2.24) is 21.5 Å². The number of hydrazine groups is 1. The van der Waals surface area contributed by atoms with E-state index in [1.54, 1.807) is 0 Å². The topological polar surface area (TPSA) is 66.6 Å². The molecule has 0 bridgehead atoms. The summed E-state index contributed by atoms with van der Waals surface area (Å²) in [5, 5.41) is 6.89. The van der Waals surface area contributed by atoms with Crippen molar-refractivity contribution in [1.29, 1.82) is 0 Å². The van der Waals surface area contributed by atoms with Crippen LogP contribution < -0.4 is 21.5 Å². The van der Waals surface area contributed by atoms with Gasteiger partial charge in [0.25, 0.3) is 0 Å². The molecular formula is C11H24N4O2. The van der Waals surface area contributed by atoms with E-state index in [2.05, 4.69) is 35.3 Å². The number of piperazine rings is 1. The van der Waals surface area contributed by atoms with E-state index in [0.717, 1.165) is 13.1 Å². The minimum Gasteiger partial charge on any atom is -0.358 e. The molecule has 0 radical (unpaired) electrons. The first-order chi connectivity index (χ1) is 8.15. The third kappa shape index (κ3) is 3.87. The van der Waals surface area contributed by atoms with Crippen molar-refractivity contribution < 1.29 is 9.47 Å². The molecule has 0 spiro atoms. The van der Waals surface area contributed by atoms with Gasteiger partial charge in [0.1, 0.15) is 18.7 Å². The fourth-order valence-corrected chi connectivity index (χ4v) is 2.06. The van der Waals surface area contributed by atoms with Gasteiger partial charge in [-0.1, -0.05) is 13.8 Å². The highest BCUT2D eigenvalue weighted by molar-refractivity contribution is 4.80. The van der Waals surface area contributed by atoms with Gasteiger partial charge < -0.3 is 14.8 Å². The summed E-state index contributed by atoms with van der Waals surface area (Å²) in [6.45, 7) is 8.76. The van der Waals surface area contributed by atoms with E-state index >= 15 is 0 Å². The molecule has 4 unspecified atom stereocenters. The summed E-state index contributed by atoms with van der Waals surface area (Å²) in [4.78, 5) is 0. The molecule has 2 heterocycles. The quantitative estimate of drug-likeness (QED) is 0.527. The molecule has 2 fully saturated rings. The monoisotopic (exact) mass is 244 g/mol. The van der Waals surface area contributed by atoms with E-state index in [1.807, 2.05) is 6.92 Å². The molecule has 0 saturated carbocycles. The average Bonchev–Trinajstić information content (AvgIpc) is 2.73. The highest BCUT2D eigenvalue weighted by Gasteiger charge is 2.25. The van der Waals surface area contributed by atoms with Gasteiger partial charge in [0, 0.05) is 19.1 Å². The highest BCUT2D eigenvalue weighted by Crippen LogP contribution is 2.06. The van der Waals surface area contributed by atoms with Gasteiger partial charge in [-0.05, 0) is 12.8 Å². The van der Waals surface area contributed by atoms with Crippen LogP contribution in [0.2, 0.25) is 0 Å². The first kappa shape index (κ1) is 13.2. The summed E-state index contributed by atoms with van der Waals surface area (Å²) in [7, 11) is 0. The first-order valence-corrected chi connectivity index (χ1v) is 6.40. The predicted octanol–water partition coefficient (Wildman–Crippen LogP) is -0.657. The average molecular weight is 244 g/mol. The second-order valence-electron chi connectivity index (χ2n) is 5.04. The van der Waals surface area contributed by atoms with Crippen LogP contribution in [0.25, 0.3) is 0 Å². The molecule has 100 valence electrons. The molecule has 0 aromatic carbocycles. The van der Waals surface area contributed by atoms with Crippen LogP contribution in [0.3, 0.4) is 0 Å². The Morgan fingerprint density at radius 2 is 2.06 bits per heavy atom. The molecule has 2 saturated heterocycles. The molecule has 2 rings (SSSR count). The van der Waals surface area contributed by atoms with Crippen LogP contribution in [-0.2, 0) is 9.47 Å². The molecule has 0 aromatic rings. The van der Waals surface area contributed by atoms with Gasteiger partial charge >= 0.3 is 0 Å². The number of nitrogens with one attached hydrogen (secondary N) is 4. The lowest BCUT2D eigenvalue weighted by Gasteiger charge is -2.33. The van der Waals surface area contributed by atoms with Crippen molar-refractivity contribution in [3.63, 3.8) is 0 Å². The molecule has 0 aromatic heterocycles. The number of hydrogen-bond donors (Lipinski definition) is 4. The van der Waals surface area contributed by atoms with Crippen LogP contribution in [0, 0.1) is 5.92 Å². The zero-order valence-corrected chi connectivity index (χ0v) is 10.8. The smallest absolute Gasteiger partial charge is 0.146 e. The summed E-state index contributed by atoms with van der Waals surface area (Å²) in [5.74, 6) is 0.647. The highest BCUT2D eigenvalue weighted by atomic mass is 16.6. The van der Waals surface area contributed by atoms with E-state index in [1.165, 1.54) is 0 Å². The Labute approximate surface area is 103 Å². The van der Waals surface area contributed by atoms with Crippen LogP contribution in [0.1, 0.15) is 20.8 Å². The Morgan fingerprint density at radius 1 is 1.24 bits per heavy atom. The molecule has 2 aliphatic heterocycles. The molecule has 4 atom stereocenters. The second kappa shape index (κ2) is 6.08. The van der Waals surface area contributed by atoms with Crippen molar-refractivity contribution in [2.75, 3.05) is 19.7 Å². The van der Waals surface area contributed by atoms with Gasteiger partial charge in [0.05, 0.1) is 6.61 Å². The number of rotatable bonds is 4. The molecule has 17 heavy (non-hydrogen) atoms. The van der Waals surface area contributed by atoms with Crippen LogP contribution in [-0.4, -0.2) is 44.4 Å². The van der Waals surface area contributed by atoms with E-state index in [-0.39, 0.29) is 18.7 Å². The zero-order valence-electron chi connectivity index (χ0n) is 10.8. The first-order valence-electron chi connectivity index (χ1n) is 6.40. The fourth-order valence-electron chi connectivity index (χ4n) is 2.06. The Kier molecular flexibility index (Phi) is 4.72. The molecule has 0 aliphatic carbocycles. The lowest BCUT2D eigenvalue weighted by Crippen LogP contribution is -2.57. The largest absolute Gasteiger partial charge is 0.358 e. The van der Waals surface area contributed by atoms with Gasteiger partial charge in [-0.3, -0.25) is 5.32 Å². The zero-order chi connectivity index (χ0) is 12.3. The maximum absolute atomic E-state index is 5.74. The number of ether oxygens (including phenoxy) is 2.